The number of aliphatic hydroxyl groups is 1. The van der Waals surface area contributed by atoms with Crippen LogP contribution >= 0.6 is 0 Å². The third kappa shape index (κ3) is 5.62. The first-order valence-corrected chi connectivity index (χ1v) is 8.30. The summed E-state index contributed by atoms with van der Waals surface area (Å²) in [6, 6.07) is 4.59. The van der Waals surface area contributed by atoms with Crippen LogP contribution in [0, 0.1) is 0 Å². The van der Waals surface area contributed by atoms with Crippen molar-refractivity contribution in [3.8, 4) is 5.75 Å². The zero-order chi connectivity index (χ0) is 15.7. The van der Waals surface area contributed by atoms with Gasteiger partial charge < -0.3 is 14.6 Å². The Balaban J connectivity index is 2.69. The van der Waals surface area contributed by atoms with Gasteiger partial charge in [0.05, 0.1) is 13.7 Å². The molecule has 1 aromatic carbocycles. The predicted octanol–water partition coefficient (Wildman–Crippen LogP) is 1.28. The fourth-order valence-electron chi connectivity index (χ4n) is 1.86. The van der Waals surface area contributed by atoms with Gasteiger partial charge in [-0.3, -0.25) is 0 Å². The number of unbranched alkanes of at least 4 members (excludes halogenated alkanes) is 2. The van der Waals surface area contributed by atoms with Crippen LogP contribution in [-0.4, -0.2) is 40.9 Å². The van der Waals surface area contributed by atoms with Gasteiger partial charge in [0.15, 0.2) is 0 Å². The van der Waals surface area contributed by atoms with Crippen LogP contribution in [0.3, 0.4) is 0 Å². The SMILES string of the molecule is COCCCCCNS(=O)(=O)c1cc(CO)ccc1OC. The molecule has 1 rings (SSSR count). The molecule has 0 aliphatic rings. The molecule has 0 spiro atoms. The van der Waals surface area contributed by atoms with Gasteiger partial charge in [-0.2, -0.15) is 0 Å². The quantitative estimate of drug-likeness (QED) is 0.635. The monoisotopic (exact) mass is 317 g/mol. The zero-order valence-corrected chi connectivity index (χ0v) is 13.3. The second-order valence-corrected chi connectivity index (χ2v) is 6.33. The van der Waals surface area contributed by atoms with Gasteiger partial charge in [-0.15, -0.1) is 0 Å². The highest BCUT2D eigenvalue weighted by molar-refractivity contribution is 7.89. The Kier molecular flexibility index (Phi) is 7.66. The highest BCUT2D eigenvalue weighted by Crippen LogP contribution is 2.24. The summed E-state index contributed by atoms with van der Waals surface area (Å²) in [7, 11) is -0.589. The smallest absolute Gasteiger partial charge is 0.244 e. The Morgan fingerprint density at radius 2 is 1.95 bits per heavy atom. The van der Waals surface area contributed by atoms with Crippen molar-refractivity contribution in [2.24, 2.45) is 0 Å². The second-order valence-electron chi connectivity index (χ2n) is 4.59. The first kappa shape index (κ1) is 17.9. The van der Waals surface area contributed by atoms with E-state index in [4.69, 9.17) is 14.6 Å². The van der Waals surface area contributed by atoms with Crippen LogP contribution in [0.1, 0.15) is 24.8 Å². The van der Waals surface area contributed by atoms with Gasteiger partial charge in [0.1, 0.15) is 10.6 Å². The minimum atomic E-state index is -3.65. The topological polar surface area (TPSA) is 84.9 Å². The van der Waals surface area contributed by atoms with Crippen molar-refractivity contribution in [1.29, 1.82) is 0 Å². The van der Waals surface area contributed by atoms with Crippen LogP contribution in [0.2, 0.25) is 0 Å². The van der Waals surface area contributed by atoms with Gasteiger partial charge in [0.25, 0.3) is 0 Å². The molecule has 0 aliphatic heterocycles. The summed E-state index contributed by atoms with van der Waals surface area (Å²) >= 11 is 0. The molecule has 120 valence electrons. The van der Waals surface area contributed by atoms with Crippen molar-refractivity contribution in [2.75, 3.05) is 27.4 Å². The number of nitrogens with one attached hydrogen (secondary N) is 1. The van der Waals surface area contributed by atoms with Crippen molar-refractivity contribution < 1.29 is 23.0 Å². The van der Waals surface area contributed by atoms with E-state index in [0.717, 1.165) is 19.3 Å². The minimum absolute atomic E-state index is 0.0495. The number of rotatable bonds is 10. The van der Waals surface area contributed by atoms with Crippen molar-refractivity contribution in [3.05, 3.63) is 23.8 Å². The molecule has 1 aromatic rings. The van der Waals surface area contributed by atoms with Gasteiger partial charge >= 0.3 is 0 Å². The molecule has 0 aliphatic carbocycles. The number of ether oxygens (including phenoxy) is 2. The van der Waals surface area contributed by atoms with E-state index in [-0.39, 0.29) is 17.3 Å². The Morgan fingerprint density at radius 3 is 2.57 bits per heavy atom. The first-order valence-electron chi connectivity index (χ1n) is 6.81. The average molecular weight is 317 g/mol. The predicted molar refractivity (Wildman–Crippen MR) is 79.8 cm³/mol. The maximum Gasteiger partial charge on any atom is 0.244 e. The van der Waals surface area contributed by atoms with Crippen molar-refractivity contribution in [3.63, 3.8) is 0 Å². The van der Waals surface area contributed by atoms with E-state index in [1.165, 1.54) is 13.2 Å². The summed E-state index contributed by atoms with van der Waals surface area (Å²) in [5.74, 6) is 0.263. The van der Waals surface area contributed by atoms with Gasteiger partial charge in [-0.25, -0.2) is 13.1 Å². The number of methoxy groups -OCH3 is 2. The van der Waals surface area contributed by atoms with Crippen LogP contribution in [0.25, 0.3) is 0 Å². The molecule has 6 nitrogen and oxygen atoms in total. The summed E-state index contributed by atoms with van der Waals surface area (Å²) in [4.78, 5) is 0.0495. The Morgan fingerprint density at radius 1 is 1.19 bits per heavy atom. The molecule has 0 fully saturated rings. The molecule has 0 amide bonds. The van der Waals surface area contributed by atoms with Crippen LogP contribution in [0.15, 0.2) is 23.1 Å². The van der Waals surface area contributed by atoms with Crippen LogP contribution in [0.5, 0.6) is 5.75 Å². The van der Waals surface area contributed by atoms with E-state index < -0.39 is 10.0 Å². The van der Waals surface area contributed by atoms with E-state index in [2.05, 4.69) is 4.72 Å². The molecule has 0 saturated carbocycles. The van der Waals surface area contributed by atoms with Crippen LogP contribution in [0.4, 0.5) is 0 Å². The molecule has 0 bridgehead atoms. The van der Waals surface area contributed by atoms with E-state index in [0.29, 0.717) is 18.7 Å². The van der Waals surface area contributed by atoms with Crippen molar-refractivity contribution >= 4 is 10.0 Å². The molecule has 0 aromatic heterocycles. The molecule has 2 N–H and O–H groups in total. The second kappa shape index (κ2) is 8.99. The third-order valence-corrected chi connectivity index (χ3v) is 4.50. The number of aliphatic hydroxyl groups excluding tert-OH is 1. The van der Waals surface area contributed by atoms with E-state index in [9.17, 15) is 8.42 Å². The summed E-state index contributed by atoms with van der Waals surface area (Å²) in [6.07, 6.45) is 2.54. The fraction of sp³-hybridized carbons (Fsp3) is 0.571. The molecule has 0 radical (unpaired) electrons. The summed E-state index contributed by atoms with van der Waals surface area (Å²) in [5.41, 5.74) is 0.524. The minimum Gasteiger partial charge on any atom is -0.495 e. The molecular weight excluding hydrogens is 294 g/mol. The van der Waals surface area contributed by atoms with Gasteiger partial charge in [-0.05, 0) is 37.0 Å². The van der Waals surface area contributed by atoms with E-state index in [1.54, 1.807) is 19.2 Å². The standard InChI is InChI=1S/C14H23NO5S/c1-19-9-5-3-4-8-15-21(17,18)14-10-12(11-16)6-7-13(14)20-2/h6-7,10,15-16H,3-5,8-9,11H2,1-2H3. The lowest BCUT2D eigenvalue weighted by molar-refractivity contribution is 0.192. The Labute approximate surface area is 126 Å². The molecule has 0 heterocycles. The molecule has 0 atom stereocenters. The molecular formula is C14H23NO5S. The lowest BCUT2D eigenvalue weighted by atomic mass is 10.2. The average Bonchev–Trinajstić information content (AvgIpc) is 2.50. The summed E-state index contributed by atoms with van der Waals surface area (Å²) in [6.45, 7) is 0.821. The maximum atomic E-state index is 12.3. The lowest BCUT2D eigenvalue weighted by Gasteiger charge is -2.12. The lowest BCUT2D eigenvalue weighted by Crippen LogP contribution is -2.25. The summed E-state index contributed by atoms with van der Waals surface area (Å²) in [5, 5.41) is 9.12. The van der Waals surface area contributed by atoms with Gasteiger partial charge in [0, 0.05) is 20.3 Å². The Hall–Kier alpha value is -1.15. The van der Waals surface area contributed by atoms with Crippen molar-refractivity contribution in [1.82, 2.24) is 4.72 Å². The number of sulfonamides is 1. The molecule has 21 heavy (non-hydrogen) atoms. The van der Waals surface area contributed by atoms with Crippen molar-refractivity contribution in [2.45, 2.75) is 30.8 Å². The third-order valence-electron chi connectivity index (χ3n) is 3.02. The number of hydrogen-bond donors (Lipinski definition) is 2. The molecule has 7 heteroatoms. The van der Waals surface area contributed by atoms with Gasteiger partial charge in [0.2, 0.25) is 10.0 Å². The largest absolute Gasteiger partial charge is 0.495 e. The molecule has 0 saturated heterocycles. The van der Waals surface area contributed by atoms with E-state index in [1.807, 2.05) is 0 Å². The molecule has 0 unspecified atom stereocenters. The van der Waals surface area contributed by atoms with Crippen LogP contribution < -0.4 is 9.46 Å². The fourth-order valence-corrected chi connectivity index (χ4v) is 3.15. The maximum absolute atomic E-state index is 12.3. The zero-order valence-electron chi connectivity index (χ0n) is 12.5. The highest BCUT2D eigenvalue weighted by atomic mass is 32.2. The first-order chi connectivity index (χ1) is 10.0. The normalized spacial score (nSPS) is 11.6. The Bertz CT molecular complexity index is 530. The highest BCUT2D eigenvalue weighted by Gasteiger charge is 2.19. The van der Waals surface area contributed by atoms with Gasteiger partial charge in [-0.1, -0.05) is 6.07 Å². The van der Waals surface area contributed by atoms with Crippen LogP contribution in [-0.2, 0) is 21.4 Å². The summed E-state index contributed by atoms with van der Waals surface area (Å²) < 4.78 is 37.1. The number of hydrogen-bond acceptors (Lipinski definition) is 5. The van der Waals surface area contributed by atoms with E-state index >= 15 is 0 Å². The number of benzene rings is 1.